The van der Waals surface area contributed by atoms with Crippen LogP contribution in [0.1, 0.15) is 30.5 Å². The number of fused-ring (bicyclic) bond motifs is 1. The predicted molar refractivity (Wildman–Crippen MR) is 100 cm³/mol. The van der Waals surface area contributed by atoms with Crippen LogP contribution in [0.25, 0.3) is 0 Å². The third-order valence-electron chi connectivity index (χ3n) is 4.51. The van der Waals surface area contributed by atoms with Gasteiger partial charge in [-0.15, -0.1) is 0 Å². The maximum Gasteiger partial charge on any atom is 0.319 e. The fraction of sp³-hybridized carbons (Fsp3) is 0.316. The zero-order valence-corrected chi connectivity index (χ0v) is 14.7. The largest absolute Gasteiger partial charge is 0.375 e. The molecular weight excluding hydrogens is 322 g/mol. The van der Waals surface area contributed by atoms with Crippen molar-refractivity contribution in [3.8, 4) is 0 Å². The lowest BCUT2D eigenvalue weighted by Crippen LogP contribution is -2.31. The molecule has 1 aliphatic carbocycles. The Balaban J connectivity index is 1.65. The van der Waals surface area contributed by atoms with E-state index in [-0.39, 0.29) is 12.1 Å². The SMILES string of the molecule is CCN(C)c1cccc(NC(=O)NC2CCc3cc(Cl)ccc32)c1. The smallest absolute Gasteiger partial charge is 0.319 e. The molecule has 0 heterocycles. The van der Waals surface area contributed by atoms with Gasteiger partial charge in [0.15, 0.2) is 0 Å². The van der Waals surface area contributed by atoms with Crippen molar-refractivity contribution in [2.24, 2.45) is 0 Å². The van der Waals surface area contributed by atoms with E-state index in [0.29, 0.717) is 0 Å². The molecule has 1 atom stereocenters. The molecule has 0 aliphatic heterocycles. The first-order valence-corrected chi connectivity index (χ1v) is 8.61. The minimum Gasteiger partial charge on any atom is -0.375 e. The van der Waals surface area contributed by atoms with Crippen molar-refractivity contribution in [2.45, 2.75) is 25.8 Å². The standard InChI is InChI=1S/C19H22ClN3O/c1-3-23(2)16-6-4-5-15(12-16)21-19(24)22-18-10-7-13-11-14(20)8-9-17(13)18/h4-6,8-9,11-12,18H,3,7,10H2,1-2H3,(H2,21,22,24). The van der Waals surface area contributed by atoms with Crippen LogP contribution >= 0.6 is 11.6 Å². The van der Waals surface area contributed by atoms with Crippen LogP contribution in [0.2, 0.25) is 5.02 Å². The van der Waals surface area contributed by atoms with E-state index in [1.54, 1.807) is 0 Å². The number of carbonyl (C=O) groups is 1. The number of amides is 2. The molecule has 1 aliphatic rings. The van der Waals surface area contributed by atoms with Gasteiger partial charge in [-0.3, -0.25) is 0 Å². The summed E-state index contributed by atoms with van der Waals surface area (Å²) in [6.45, 7) is 3.01. The number of aryl methyl sites for hydroxylation is 1. The number of nitrogens with zero attached hydrogens (tertiary/aromatic N) is 1. The van der Waals surface area contributed by atoms with Gasteiger partial charge in [0.25, 0.3) is 0 Å². The maximum absolute atomic E-state index is 12.3. The second-order valence-corrected chi connectivity index (χ2v) is 6.53. The zero-order chi connectivity index (χ0) is 17.1. The Kier molecular flexibility index (Phi) is 4.95. The maximum atomic E-state index is 12.3. The number of hydrogen-bond donors (Lipinski definition) is 2. The number of rotatable bonds is 4. The van der Waals surface area contributed by atoms with Crippen molar-refractivity contribution < 1.29 is 4.79 Å². The molecule has 3 rings (SSSR count). The molecule has 0 aromatic heterocycles. The van der Waals surface area contributed by atoms with Gasteiger partial charge in [0.1, 0.15) is 0 Å². The zero-order valence-electron chi connectivity index (χ0n) is 14.0. The van der Waals surface area contributed by atoms with Crippen molar-refractivity contribution in [3.05, 3.63) is 58.6 Å². The van der Waals surface area contributed by atoms with Crippen molar-refractivity contribution in [3.63, 3.8) is 0 Å². The topological polar surface area (TPSA) is 44.4 Å². The van der Waals surface area contributed by atoms with Gasteiger partial charge < -0.3 is 15.5 Å². The first-order valence-electron chi connectivity index (χ1n) is 8.24. The van der Waals surface area contributed by atoms with Gasteiger partial charge in [0, 0.05) is 30.0 Å². The van der Waals surface area contributed by atoms with Crippen LogP contribution in [0.5, 0.6) is 0 Å². The third-order valence-corrected chi connectivity index (χ3v) is 4.74. The van der Waals surface area contributed by atoms with Crippen molar-refractivity contribution in [1.82, 2.24) is 5.32 Å². The number of anilines is 2. The molecule has 1 unspecified atom stereocenters. The van der Waals surface area contributed by atoms with Gasteiger partial charge in [-0.2, -0.15) is 0 Å². The van der Waals surface area contributed by atoms with Crippen molar-refractivity contribution in [1.29, 1.82) is 0 Å². The summed E-state index contributed by atoms with van der Waals surface area (Å²) in [6, 6.07) is 13.6. The first kappa shape index (κ1) is 16.7. The lowest BCUT2D eigenvalue weighted by Gasteiger charge is -2.18. The number of carbonyl (C=O) groups excluding carboxylic acids is 1. The van der Waals surface area contributed by atoms with Crippen LogP contribution in [0.15, 0.2) is 42.5 Å². The molecule has 0 saturated carbocycles. The molecule has 5 heteroatoms. The van der Waals surface area contributed by atoms with Gasteiger partial charge in [0.05, 0.1) is 6.04 Å². The Labute approximate surface area is 147 Å². The summed E-state index contributed by atoms with van der Waals surface area (Å²) in [5, 5.41) is 6.73. The predicted octanol–water partition coefficient (Wildman–Crippen LogP) is 4.61. The second kappa shape index (κ2) is 7.14. The van der Waals surface area contributed by atoms with E-state index < -0.39 is 0 Å². The van der Waals surface area contributed by atoms with E-state index in [2.05, 4.69) is 22.5 Å². The Hall–Kier alpha value is -2.20. The normalized spacial score (nSPS) is 15.7. The molecular formula is C19H22ClN3O. The summed E-state index contributed by atoms with van der Waals surface area (Å²) < 4.78 is 0. The summed E-state index contributed by atoms with van der Waals surface area (Å²) in [4.78, 5) is 14.5. The molecule has 24 heavy (non-hydrogen) atoms. The van der Waals surface area contributed by atoms with Gasteiger partial charge in [-0.1, -0.05) is 23.7 Å². The fourth-order valence-corrected chi connectivity index (χ4v) is 3.26. The highest BCUT2D eigenvalue weighted by molar-refractivity contribution is 6.30. The summed E-state index contributed by atoms with van der Waals surface area (Å²) in [7, 11) is 2.03. The van der Waals surface area contributed by atoms with Crippen LogP contribution in [-0.4, -0.2) is 19.6 Å². The Morgan fingerprint density at radius 2 is 2.12 bits per heavy atom. The van der Waals surface area contributed by atoms with Crippen LogP contribution in [0.3, 0.4) is 0 Å². The molecule has 2 aromatic rings. The average Bonchev–Trinajstić information content (AvgIpc) is 2.96. The van der Waals surface area contributed by atoms with Crippen LogP contribution < -0.4 is 15.5 Å². The van der Waals surface area contributed by atoms with Gasteiger partial charge in [-0.25, -0.2) is 4.79 Å². The number of halogens is 1. The van der Waals surface area contributed by atoms with E-state index in [9.17, 15) is 4.79 Å². The van der Waals surface area contributed by atoms with Crippen molar-refractivity contribution in [2.75, 3.05) is 23.8 Å². The van der Waals surface area contributed by atoms with Crippen molar-refractivity contribution >= 4 is 29.0 Å². The number of urea groups is 1. The fourth-order valence-electron chi connectivity index (χ4n) is 3.07. The minimum atomic E-state index is -0.181. The third kappa shape index (κ3) is 3.65. The summed E-state index contributed by atoms with van der Waals surface area (Å²) in [5.41, 5.74) is 4.25. The van der Waals surface area contributed by atoms with Crippen LogP contribution in [0.4, 0.5) is 16.2 Å². The average molecular weight is 344 g/mol. The molecule has 126 valence electrons. The molecule has 0 radical (unpaired) electrons. The highest BCUT2D eigenvalue weighted by atomic mass is 35.5. The first-order chi connectivity index (χ1) is 11.6. The molecule has 2 N–H and O–H groups in total. The summed E-state index contributed by atoms with van der Waals surface area (Å²) in [5.74, 6) is 0. The van der Waals surface area contributed by atoms with E-state index >= 15 is 0 Å². The Morgan fingerprint density at radius 1 is 1.29 bits per heavy atom. The van der Waals surface area contributed by atoms with E-state index in [4.69, 9.17) is 11.6 Å². The Morgan fingerprint density at radius 3 is 2.92 bits per heavy atom. The second-order valence-electron chi connectivity index (χ2n) is 6.10. The molecule has 0 spiro atoms. The van der Waals surface area contributed by atoms with Gasteiger partial charge in [0.2, 0.25) is 0 Å². The Bertz CT molecular complexity index is 747. The lowest BCUT2D eigenvalue weighted by molar-refractivity contribution is 0.248. The quantitative estimate of drug-likeness (QED) is 0.851. The van der Waals surface area contributed by atoms with Gasteiger partial charge >= 0.3 is 6.03 Å². The molecule has 4 nitrogen and oxygen atoms in total. The number of nitrogens with one attached hydrogen (secondary N) is 2. The lowest BCUT2D eigenvalue weighted by atomic mass is 10.1. The molecule has 0 fully saturated rings. The van der Waals surface area contributed by atoms with Gasteiger partial charge in [-0.05, 0) is 61.2 Å². The molecule has 0 bridgehead atoms. The molecule has 2 aromatic carbocycles. The van der Waals surface area contributed by atoms with E-state index in [1.165, 1.54) is 5.56 Å². The van der Waals surface area contributed by atoms with Crippen LogP contribution in [0, 0.1) is 0 Å². The highest BCUT2D eigenvalue weighted by Gasteiger charge is 2.24. The summed E-state index contributed by atoms with van der Waals surface area (Å²) >= 11 is 6.03. The summed E-state index contributed by atoms with van der Waals surface area (Å²) in [6.07, 6.45) is 1.85. The number of benzene rings is 2. The van der Waals surface area contributed by atoms with E-state index in [1.807, 2.05) is 49.5 Å². The molecule has 2 amide bonds. The number of hydrogen-bond acceptors (Lipinski definition) is 2. The molecule has 0 saturated heterocycles. The van der Waals surface area contributed by atoms with Crippen LogP contribution in [-0.2, 0) is 6.42 Å². The monoisotopic (exact) mass is 343 g/mol. The minimum absolute atomic E-state index is 0.0405. The highest BCUT2D eigenvalue weighted by Crippen LogP contribution is 2.32. The van der Waals surface area contributed by atoms with E-state index in [0.717, 1.165) is 41.3 Å².